The van der Waals surface area contributed by atoms with Crippen molar-refractivity contribution >= 4 is 5.97 Å². The minimum Gasteiger partial charge on any atom is -0.492 e. The quantitative estimate of drug-likeness (QED) is 0.679. The van der Waals surface area contributed by atoms with Crippen LogP contribution < -0.4 is 4.74 Å². The highest BCUT2D eigenvalue weighted by molar-refractivity contribution is 5.78. The molecule has 3 heteroatoms. The van der Waals surface area contributed by atoms with Gasteiger partial charge in [0.05, 0.1) is 0 Å². The van der Waals surface area contributed by atoms with E-state index in [4.69, 9.17) is 9.84 Å². The number of hydrogen-bond acceptors (Lipinski definition) is 2. The van der Waals surface area contributed by atoms with E-state index in [1.165, 1.54) is 0 Å². The van der Waals surface area contributed by atoms with Crippen molar-refractivity contribution < 1.29 is 14.6 Å². The standard InChI is InChI=1S/C9H8O3/c10-9(11)7-5-12-8-4-2-1-3-6(7)8/h1-4,7H,5H2,(H,10,11)/t7-/m1/s1. The van der Waals surface area contributed by atoms with Crippen LogP contribution in [0.25, 0.3) is 0 Å². The Morgan fingerprint density at radius 2 is 2.25 bits per heavy atom. The number of carbonyl (C=O) groups is 1. The largest absolute Gasteiger partial charge is 0.492 e. The Morgan fingerprint density at radius 1 is 1.50 bits per heavy atom. The summed E-state index contributed by atoms with van der Waals surface area (Å²) in [7, 11) is 0. The maximum Gasteiger partial charge on any atom is 0.314 e. The number of carboxylic acids is 1. The molecule has 0 aliphatic carbocycles. The average Bonchev–Trinajstić information content (AvgIpc) is 2.47. The molecule has 0 unspecified atom stereocenters. The summed E-state index contributed by atoms with van der Waals surface area (Å²) in [6.45, 7) is 0.259. The first kappa shape index (κ1) is 7.16. The van der Waals surface area contributed by atoms with Crippen molar-refractivity contribution in [1.82, 2.24) is 0 Å². The van der Waals surface area contributed by atoms with E-state index >= 15 is 0 Å². The summed E-state index contributed by atoms with van der Waals surface area (Å²) in [6.07, 6.45) is 0. The van der Waals surface area contributed by atoms with Crippen molar-refractivity contribution in [2.75, 3.05) is 6.61 Å². The van der Waals surface area contributed by atoms with Gasteiger partial charge in [0, 0.05) is 5.56 Å². The molecule has 1 N–H and O–H groups in total. The van der Waals surface area contributed by atoms with E-state index in [0.29, 0.717) is 5.75 Å². The smallest absolute Gasteiger partial charge is 0.314 e. The minimum absolute atomic E-state index is 0.259. The number of fused-ring (bicyclic) bond motifs is 1. The van der Waals surface area contributed by atoms with E-state index < -0.39 is 11.9 Å². The third-order valence-electron chi connectivity index (χ3n) is 2.00. The van der Waals surface area contributed by atoms with E-state index in [2.05, 4.69) is 0 Å². The highest BCUT2D eigenvalue weighted by Crippen LogP contribution is 2.33. The molecule has 0 bridgehead atoms. The summed E-state index contributed by atoms with van der Waals surface area (Å²) >= 11 is 0. The lowest BCUT2D eigenvalue weighted by Gasteiger charge is -1.99. The van der Waals surface area contributed by atoms with Crippen molar-refractivity contribution in [2.45, 2.75) is 5.92 Å². The molecule has 0 amide bonds. The maximum absolute atomic E-state index is 10.7. The van der Waals surface area contributed by atoms with Crippen LogP contribution in [0.4, 0.5) is 0 Å². The molecule has 1 aromatic carbocycles. The molecule has 0 spiro atoms. The van der Waals surface area contributed by atoms with Crippen LogP contribution in [-0.2, 0) is 4.79 Å². The second-order valence-electron chi connectivity index (χ2n) is 2.74. The Balaban J connectivity index is 2.42. The zero-order valence-corrected chi connectivity index (χ0v) is 6.36. The van der Waals surface area contributed by atoms with Gasteiger partial charge in [0.1, 0.15) is 18.3 Å². The highest BCUT2D eigenvalue weighted by Gasteiger charge is 2.29. The molecular weight excluding hydrogens is 156 g/mol. The lowest BCUT2D eigenvalue weighted by atomic mass is 10.0. The number of rotatable bonds is 1. The average molecular weight is 164 g/mol. The van der Waals surface area contributed by atoms with E-state index in [1.807, 2.05) is 12.1 Å². The topological polar surface area (TPSA) is 46.5 Å². The fourth-order valence-corrected chi connectivity index (χ4v) is 1.37. The van der Waals surface area contributed by atoms with Crippen LogP contribution in [0.1, 0.15) is 11.5 Å². The number of para-hydroxylation sites is 1. The molecule has 0 fully saturated rings. The molecule has 1 heterocycles. The Hall–Kier alpha value is -1.51. The van der Waals surface area contributed by atoms with Crippen LogP contribution in [0.3, 0.4) is 0 Å². The van der Waals surface area contributed by atoms with E-state index in [0.717, 1.165) is 5.56 Å². The molecule has 62 valence electrons. The molecule has 1 aliphatic heterocycles. The summed E-state index contributed by atoms with van der Waals surface area (Å²) in [4.78, 5) is 10.7. The van der Waals surface area contributed by atoms with Gasteiger partial charge in [-0.15, -0.1) is 0 Å². The lowest BCUT2D eigenvalue weighted by molar-refractivity contribution is -0.138. The predicted molar refractivity (Wildman–Crippen MR) is 42.3 cm³/mol. The highest BCUT2D eigenvalue weighted by atomic mass is 16.5. The molecule has 1 aromatic rings. The van der Waals surface area contributed by atoms with Crippen molar-refractivity contribution in [2.24, 2.45) is 0 Å². The van der Waals surface area contributed by atoms with Gasteiger partial charge in [-0.2, -0.15) is 0 Å². The van der Waals surface area contributed by atoms with E-state index in [1.54, 1.807) is 12.1 Å². The SMILES string of the molecule is O=C(O)[C@@H]1COc2ccccc21. The van der Waals surface area contributed by atoms with Crippen LogP contribution in [0.2, 0.25) is 0 Å². The number of aliphatic carboxylic acids is 1. The second kappa shape index (κ2) is 2.52. The first-order chi connectivity index (χ1) is 5.79. The first-order valence-corrected chi connectivity index (χ1v) is 3.73. The molecule has 0 aromatic heterocycles. The predicted octanol–water partition coefficient (Wildman–Crippen LogP) is 1.25. The van der Waals surface area contributed by atoms with Gasteiger partial charge in [-0.05, 0) is 6.07 Å². The van der Waals surface area contributed by atoms with Crippen molar-refractivity contribution in [1.29, 1.82) is 0 Å². The Morgan fingerprint density at radius 3 is 3.00 bits per heavy atom. The first-order valence-electron chi connectivity index (χ1n) is 3.73. The normalized spacial score (nSPS) is 19.8. The summed E-state index contributed by atoms with van der Waals surface area (Å²) in [5.74, 6) is -0.606. The number of carboxylic acid groups (broad SMARTS) is 1. The van der Waals surface area contributed by atoms with Crippen LogP contribution in [0.15, 0.2) is 24.3 Å². The summed E-state index contributed by atoms with van der Waals surface area (Å²) in [5.41, 5.74) is 0.782. The Labute approximate surface area is 69.6 Å². The molecule has 3 nitrogen and oxygen atoms in total. The van der Waals surface area contributed by atoms with Gasteiger partial charge in [0.25, 0.3) is 0 Å². The van der Waals surface area contributed by atoms with Crippen molar-refractivity contribution in [3.05, 3.63) is 29.8 Å². The Kier molecular flexibility index (Phi) is 1.50. The van der Waals surface area contributed by atoms with Crippen molar-refractivity contribution in [3.63, 3.8) is 0 Å². The number of ether oxygens (including phenoxy) is 1. The Bertz CT molecular complexity index is 319. The van der Waals surface area contributed by atoms with E-state index in [-0.39, 0.29) is 6.61 Å². The van der Waals surface area contributed by atoms with Crippen molar-refractivity contribution in [3.8, 4) is 5.75 Å². The van der Waals surface area contributed by atoms with Gasteiger partial charge in [0.15, 0.2) is 0 Å². The van der Waals surface area contributed by atoms with Gasteiger partial charge >= 0.3 is 5.97 Å². The van der Waals surface area contributed by atoms with E-state index in [9.17, 15) is 4.79 Å². The maximum atomic E-state index is 10.7. The van der Waals surface area contributed by atoms with Gasteiger partial charge in [-0.25, -0.2) is 0 Å². The van der Waals surface area contributed by atoms with Crippen LogP contribution >= 0.6 is 0 Å². The van der Waals surface area contributed by atoms with Gasteiger partial charge in [0.2, 0.25) is 0 Å². The third-order valence-corrected chi connectivity index (χ3v) is 2.00. The lowest BCUT2D eigenvalue weighted by Crippen LogP contribution is -2.12. The zero-order valence-electron chi connectivity index (χ0n) is 6.36. The zero-order chi connectivity index (χ0) is 8.55. The molecule has 0 saturated heterocycles. The number of benzene rings is 1. The third kappa shape index (κ3) is 0.942. The summed E-state index contributed by atoms with van der Waals surface area (Å²) in [5, 5.41) is 8.78. The molecule has 0 saturated carbocycles. The molecule has 1 atom stereocenters. The van der Waals surface area contributed by atoms with Gasteiger partial charge < -0.3 is 9.84 Å². The molecule has 1 aliphatic rings. The fraction of sp³-hybridized carbons (Fsp3) is 0.222. The molecule has 0 radical (unpaired) electrons. The summed E-state index contributed by atoms with van der Waals surface area (Å²) in [6, 6.07) is 7.24. The molecule has 12 heavy (non-hydrogen) atoms. The fourth-order valence-electron chi connectivity index (χ4n) is 1.37. The molecular formula is C9H8O3. The minimum atomic E-state index is -0.819. The van der Waals surface area contributed by atoms with Crippen LogP contribution in [0.5, 0.6) is 5.75 Å². The summed E-state index contributed by atoms with van der Waals surface area (Å²) < 4.78 is 5.19. The van der Waals surface area contributed by atoms with Gasteiger partial charge in [-0.1, -0.05) is 18.2 Å². The second-order valence-corrected chi connectivity index (χ2v) is 2.74. The van der Waals surface area contributed by atoms with Crippen LogP contribution in [0, 0.1) is 0 Å². The number of hydrogen-bond donors (Lipinski definition) is 1. The monoisotopic (exact) mass is 164 g/mol. The van der Waals surface area contributed by atoms with Crippen LogP contribution in [-0.4, -0.2) is 17.7 Å². The van der Waals surface area contributed by atoms with Gasteiger partial charge in [-0.3, -0.25) is 4.79 Å². The molecule has 2 rings (SSSR count).